The standard InChI is InChI=1S/C14H14N2O3/c1-10-5-6-11(2)12(8-10)9-19-14-13(16(17)18)4-3-7-15-14/h3-8H,9H2,1-2H3. The molecule has 2 aromatic rings. The molecule has 0 radical (unpaired) electrons. The summed E-state index contributed by atoms with van der Waals surface area (Å²) in [5.41, 5.74) is 3.09. The van der Waals surface area contributed by atoms with Crippen molar-refractivity contribution < 1.29 is 9.66 Å². The van der Waals surface area contributed by atoms with E-state index in [1.165, 1.54) is 18.3 Å². The first-order valence-electron chi connectivity index (χ1n) is 5.86. The van der Waals surface area contributed by atoms with Gasteiger partial charge in [-0.2, -0.15) is 0 Å². The zero-order valence-corrected chi connectivity index (χ0v) is 10.8. The topological polar surface area (TPSA) is 65.3 Å². The second-order valence-electron chi connectivity index (χ2n) is 4.30. The summed E-state index contributed by atoms with van der Waals surface area (Å²) in [6.07, 6.45) is 1.48. The molecule has 2 rings (SSSR count). The highest BCUT2D eigenvalue weighted by Gasteiger charge is 2.15. The minimum Gasteiger partial charge on any atom is -0.468 e. The molecule has 0 saturated heterocycles. The Balaban J connectivity index is 2.19. The van der Waals surface area contributed by atoms with Gasteiger partial charge in [0.2, 0.25) is 0 Å². The lowest BCUT2D eigenvalue weighted by Gasteiger charge is -2.08. The van der Waals surface area contributed by atoms with Crippen LogP contribution in [0.2, 0.25) is 0 Å². The third kappa shape index (κ3) is 3.07. The number of rotatable bonds is 4. The van der Waals surface area contributed by atoms with E-state index in [4.69, 9.17) is 4.74 Å². The van der Waals surface area contributed by atoms with Gasteiger partial charge in [0.25, 0.3) is 5.88 Å². The number of pyridine rings is 1. The molecule has 0 aliphatic rings. The molecular weight excluding hydrogens is 244 g/mol. The number of aryl methyl sites for hydroxylation is 2. The van der Waals surface area contributed by atoms with Crippen LogP contribution in [-0.2, 0) is 6.61 Å². The van der Waals surface area contributed by atoms with E-state index in [1.807, 2.05) is 32.0 Å². The first kappa shape index (κ1) is 13.0. The van der Waals surface area contributed by atoms with Gasteiger partial charge in [0.15, 0.2) is 0 Å². The van der Waals surface area contributed by atoms with Crippen molar-refractivity contribution in [2.24, 2.45) is 0 Å². The number of nitrogens with zero attached hydrogens (tertiary/aromatic N) is 2. The molecule has 0 amide bonds. The summed E-state index contributed by atoms with van der Waals surface area (Å²) in [6.45, 7) is 4.24. The normalized spacial score (nSPS) is 10.2. The monoisotopic (exact) mass is 258 g/mol. The van der Waals surface area contributed by atoms with Crippen molar-refractivity contribution in [1.29, 1.82) is 0 Å². The average molecular weight is 258 g/mol. The van der Waals surface area contributed by atoms with Crippen molar-refractivity contribution >= 4 is 5.69 Å². The number of aromatic nitrogens is 1. The van der Waals surface area contributed by atoms with Gasteiger partial charge in [-0.25, -0.2) is 4.98 Å². The first-order chi connectivity index (χ1) is 9.08. The predicted molar refractivity (Wildman–Crippen MR) is 71.1 cm³/mol. The second kappa shape index (κ2) is 5.48. The van der Waals surface area contributed by atoms with E-state index < -0.39 is 4.92 Å². The van der Waals surface area contributed by atoms with Gasteiger partial charge in [-0.05, 0) is 31.0 Å². The van der Waals surface area contributed by atoms with Crippen molar-refractivity contribution in [2.45, 2.75) is 20.5 Å². The van der Waals surface area contributed by atoms with Crippen LogP contribution in [0.4, 0.5) is 5.69 Å². The van der Waals surface area contributed by atoms with Crippen molar-refractivity contribution in [3.8, 4) is 5.88 Å². The molecule has 0 N–H and O–H groups in total. The molecule has 5 nitrogen and oxygen atoms in total. The largest absolute Gasteiger partial charge is 0.468 e. The quantitative estimate of drug-likeness (QED) is 0.624. The van der Waals surface area contributed by atoms with E-state index in [2.05, 4.69) is 4.98 Å². The maximum Gasteiger partial charge on any atom is 0.330 e. The summed E-state index contributed by atoms with van der Waals surface area (Å²) >= 11 is 0. The zero-order valence-electron chi connectivity index (χ0n) is 10.8. The number of ether oxygens (including phenoxy) is 1. The molecule has 0 aliphatic heterocycles. The van der Waals surface area contributed by atoms with Gasteiger partial charge in [-0.1, -0.05) is 23.8 Å². The van der Waals surface area contributed by atoms with Gasteiger partial charge >= 0.3 is 5.69 Å². The van der Waals surface area contributed by atoms with Gasteiger partial charge in [0, 0.05) is 12.3 Å². The smallest absolute Gasteiger partial charge is 0.330 e. The lowest BCUT2D eigenvalue weighted by atomic mass is 10.1. The minimum atomic E-state index is -0.495. The van der Waals surface area contributed by atoms with Crippen molar-refractivity contribution in [1.82, 2.24) is 4.98 Å². The second-order valence-corrected chi connectivity index (χ2v) is 4.30. The number of benzene rings is 1. The van der Waals surface area contributed by atoms with Gasteiger partial charge < -0.3 is 4.74 Å². The molecule has 5 heteroatoms. The molecule has 0 unspecified atom stereocenters. The molecule has 19 heavy (non-hydrogen) atoms. The maximum atomic E-state index is 10.8. The van der Waals surface area contributed by atoms with Crippen LogP contribution in [0.3, 0.4) is 0 Å². The maximum absolute atomic E-state index is 10.8. The highest BCUT2D eigenvalue weighted by molar-refractivity contribution is 5.40. The van der Waals surface area contributed by atoms with Crippen LogP contribution in [0.25, 0.3) is 0 Å². The fourth-order valence-electron chi connectivity index (χ4n) is 1.73. The molecule has 0 fully saturated rings. The summed E-state index contributed by atoms with van der Waals surface area (Å²) in [5, 5.41) is 10.8. The predicted octanol–water partition coefficient (Wildman–Crippen LogP) is 3.19. The molecule has 0 aliphatic carbocycles. The molecule has 1 aromatic carbocycles. The minimum absolute atomic E-state index is 0.0495. The van der Waals surface area contributed by atoms with Crippen LogP contribution < -0.4 is 4.74 Å². The SMILES string of the molecule is Cc1ccc(C)c(COc2ncccc2[N+](=O)[O-])c1. The summed E-state index contributed by atoms with van der Waals surface area (Å²) in [7, 11) is 0. The van der Waals surface area contributed by atoms with Crippen LogP contribution in [0, 0.1) is 24.0 Å². The Hall–Kier alpha value is -2.43. The van der Waals surface area contributed by atoms with E-state index in [-0.39, 0.29) is 18.2 Å². The van der Waals surface area contributed by atoms with Crippen molar-refractivity contribution in [3.63, 3.8) is 0 Å². The fraction of sp³-hybridized carbons (Fsp3) is 0.214. The molecule has 0 saturated carbocycles. The lowest BCUT2D eigenvalue weighted by Crippen LogP contribution is -2.02. The number of hydrogen-bond donors (Lipinski definition) is 0. The van der Waals surface area contributed by atoms with E-state index in [0.717, 1.165) is 16.7 Å². The Morgan fingerprint density at radius 2 is 2.11 bits per heavy atom. The van der Waals surface area contributed by atoms with E-state index in [0.29, 0.717) is 0 Å². The first-order valence-corrected chi connectivity index (χ1v) is 5.86. The number of nitro groups is 1. The van der Waals surface area contributed by atoms with Gasteiger partial charge in [-0.3, -0.25) is 10.1 Å². The molecule has 0 atom stereocenters. The highest BCUT2D eigenvalue weighted by atomic mass is 16.6. The van der Waals surface area contributed by atoms with Crippen LogP contribution >= 0.6 is 0 Å². The summed E-state index contributed by atoms with van der Waals surface area (Å²) in [4.78, 5) is 14.2. The number of hydrogen-bond acceptors (Lipinski definition) is 4. The molecular formula is C14H14N2O3. The van der Waals surface area contributed by atoms with Gasteiger partial charge in [0.05, 0.1) is 4.92 Å². The Morgan fingerprint density at radius 1 is 1.32 bits per heavy atom. The van der Waals surface area contributed by atoms with Crippen molar-refractivity contribution in [2.75, 3.05) is 0 Å². The van der Waals surface area contributed by atoms with E-state index in [9.17, 15) is 10.1 Å². The highest BCUT2D eigenvalue weighted by Crippen LogP contribution is 2.24. The van der Waals surface area contributed by atoms with Gasteiger partial charge in [0.1, 0.15) is 6.61 Å². The Labute approximate surface area is 111 Å². The molecule has 0 spiro atoms. The van der Waals surface area contributed by atoms with Crippen LogP contribution in [-0.4, -0.2) is 9.91 Å². The Bertz CT molecular complexity index is 611. The van der Waals surface area contributed by atoms with Crippen molar-refractivity contribution in [3.05, 3.63) is 63.3 Å². The van der Waals surface area contributed by atoms with Crippen LogP contribution in [0.15, 0.2) is 36.5 Å². The third-order valence-electron chi connectivity index (χ3n) is 2.82. The summed E-state index contributed by atoms with van der Waals surface area (Å²) in [6, 6.07) is 8.92. The molecule has 98 valence electrons. The van der Waals surface area contributed by atoms with E-state index >= 15 is 0 Å². The molecule has 0 bridgehead atoms. The molecule has 1 aromatic heterocycles. The van der Waals surface area contributed by atoms with E-state index in [1.54, 1.807) is 0 Å². The van der Waals surface area contributed by atoms with Gasteiger partial charge in [-0.15, -0.1) is 0 Å². The summed E-state index contributed by atoms with van der Waals surface area (Å²) < 4.78 is 5.47. The molecule has 1 heterocycles. The Kier molecular flexibility index (Phi) is 3.75. The van der Waals surface area contributed by atoms with Crippen LogP contribution in [0.5, 0.6) is 5.88 Å². The third-order valence-corrected chi connectivity index (χ3v) is 2.82. The fourth-order valence-corrected chi connectivity index (χ4v) is 1.73. The average Bonchev–Trinajstić information content (AvgIpc) is 2.40. The Morgan fingerprint density at radius 3 is 2.84 bits per heavy atom. The zero-order chi connectivity index (χ0) is 13.8. The van der Waals surface area contributed by atoms with Crippen LogP contribution in [0.1, 0.15) is 16.7 Å². The summed E-state index contributed by atoms with van der Waals surface area (Å²) in [5.74, 6) is 0.0495. The lowest BCUT2D eigenvalue weighted by molar-refractivity contribution is -0.386.